The average Bonchev–Trinajstić information content (AvgIpc) is 2.35. The van der Waals surface area contributed by atoms with Gasteiger partial charge in [0.2, 0.25) is 5.91 Å². The normalized spacial score (nSPS) is 10.2. The molecule has 0 aromatic heterocycles. The van der Waals surface area contributed by atoms with E-state index in [1.54, 1.807) is 18.0 Å². The molecule has 0 radical (unpaired) electrons. The summed E-state index contributed by atoms with van der Waals surface area (Å²) in [6, 6.07) is 4.27. The molecule has 0 spiro atoms. The lowest BCUT2D eigenvalue weighted by molar-refractivity contribution is -0.119. The minimum absolute atomic E-state index is 0.103. The quantitative estimate of drug-likeness (QED) is 0.804. The number of carbonyl (C=O) groups excluding carboxylic acids is 1. The number of amides is 1. The van der Waals surface area contributed by atoms with Gasteiger partial charge in [-0.25, -0.2) is 4.39 Å². The number of anilines is 1. The number of carbonyl (C=O) groups is 1. The van der Waals surface area contributed by atoms with Crippen LogP contribution < -0.4 is 10.2 Å². The average molecular weight is 254 g/mol. The lowest BCUT2D eigenvalue weighted by Crippen LogP contribution is -2.35. The maximum absolute atomic E-state index is 13.3. The second-order valence-corrected chi connectivity index (χ2v) is 4.18. The minimum Gasteiger partial charge on any atom is -0.392 e. The molecular formula is C13H19FN2O2. The third-order valence-corrected chi connectivity index (χ3v) is 2.52. The van der Waals surface area contributed by atoms with Crippen molar-refractivity contribution in [1.82, 2.24) is 5.32 Å². The molecule has 0 aliphatic rings. The molecule has 1 aromatic rings. The first kappa shape index (κ1) is 14.4. The maximum Gasteiger partial charge on any atom is 0.239 e. The van der Waals surface area contributed by atoms with Crippen molar-refractivity contribution < 1.29 is 14.3 Å². The van der Waals surface area contributed by atoms with Crippen molar-refractivity contribution in [2.45, 2.75) is 20.0 Å². The SMILES string of the molecule is CCCNC(=O)CN(C)c1cc(F)cc(CO)c1. The zero-order valence-electron chi connectivity index (χ0n) is 10.7. The molecule has 0 unspecified atom stereocenters. The van der Waals surface area contributed by atoms with Gasteiger partial charge in [-0.05, 0) is 30.2 Å². The van der Waals surface area contributed by atoms with E-state index < -0.39 is 5.82 Å². The lowest BCUT2D eigenvalue weighted by Gasteiger charge is -2.19. The van der Waals surface area contributed by atoms with E-state index in [1.165, 1.54) is 12.1 Å². The van der Waals surface area contributed by atoms with E-state index >= 15 is 0 Å². The Bertz CT molecular complexity index is 410. The molecule has 0 aliphatic heterocycles. The molecule has 0 heterocycles. The van der Waals surface area contributed by atoms with Gasteiger partial charge in [-0.15, -0.1) is 0 Å². The first-order chi connectivity index (χ1) is 8.56. The number of halogens is 1. The standard InChI is InChI=1S/C13H19FN2O2/c1-3-4-15-13(18)8-16(2)12-6-10(9-17)5-11(14)7-12/h5-7,17H,3-4,8-9H2,1-2H3,(H,15,18). The number of likely N-dealkylation sites (N-methyl/N-ethyl adjacent to an activating group) is 1. The second-order valence-electron chi connectivity index (χ2n) is 4.18. The Morgan fingerprint density at radius 1 is 1.44 bits per heavy atom. The van der Waals surface area contributed by atoms with Crippen molar-refractivity contribution in [2.24, 2.45) is 0 Å². The predicted molar refractivity (Wildman–Crippen MR) is 68.9 cm³/mol. The van der Waals surface area contributed by atoms with Crippen LogP contribution in [0.25, 0.3) is 0 Å². The molecular weight excluding hydrogens is 235 g/mol. The summed E-state index contributed by atoms with van der Waals surface area (Å²) in [6.07, 6.45) is 0.879. The number of hydrogen-bond acceptors (Lipinski definition) is 3. The van der Waals surface area contributed by atoms with Gasteiger partial charge in [-0.1, -0.05) is 6.92 Å². The van der Waals surface area contributed by atoms with Gasteiger partial charge in [0.1, 0.15) is 5.82 Å². The number of hydrogen-bond donors (Lipinski definition) is 2. The molecule has 4 nitrogen and oxygen atoms in total. The summed E-state index contributed by atoms with van der Waals surface area (Å²) in [6.45, 7) is 2.55. The van der Waals surface area contributed by atoms with Gasteiger partial charge in [-0.3, -0.25) is 4.79 Å². The van der Waals surface area contributed by atoms with Crippen molar-refractivity contribution in [2.75, 3.05) is 25.0 Å². The van der Waals surface area contributed by atoms with Gasteiger partial charge >= 0.3 is 0 Å². The molecule has 0 aliphatic carbocycles. The molecule has 0 bridgehead atoms. The summed E-state index contributed by atoms with van der Waals surface area (Å²) in [5.41, 5.74) is 1.07. The Kier molecular flexibility index (Phi) is 5.58. The Morgan fingerprint density at radius 2 is 2.17 bits per heavy atom. The molecule has 1 rings (SSSR count). The molecule has 0 atom stereocenters. The predicted octanol–water partition coefficient (Wildman–Crippen LogP) is 1.28. The largest absolute Gasteiger partial charge is 0.392 e. The zero-order chi connectivity index (χ0) is 13.5. The summed E-state index contributed by atoms with van der Waals surface area (Å²) >= 11 is 0. The fraction of sp³-hybridized carbons (Fsp3) is 0.462. The van der Waals surface area contributed by atoms with E-state index in [-0.39, 0.29) is 19.1 Å². The first-order valence-electron chi connectivity index (χ1n) is 5.95. The number of aliphatic hydroxyl groups excluding tert-OH is 1. The first-order valence-corrected chi connectivity index (χ1v) is 5.95. The van der Waals surface area contributed by atoms with Gasteiger partial charge in [-0.2, -0.15) is 0 Å². The summed E-state index contributed by atoms with van der Waals surface area (Å²) < 4.78 is 13.3. The second kappa shape index (κ2) is 6.96. The van der Waals surface area contributed by atoms with Crippen molar-refractivity contribution in [3.63, 3.8) is 0 Å². The van der Waals surface area contributed by atoms with Crippen LogP contribution in [0.4, 0.5) is 10.1 Å². The third kappa shape index (κ3) is 4.33. The Hall–Kier alpha value is -1.62. The topological polar surface area (TPSA) is 52.6 Å². The van der Waals surface area contributed by atoms with E-state index in [4.69, 9.17) is 5.11 Å². The summed E-state index contributed by atoms with van der Waals surface area (Å²) in [5.74, 6) is -0.522. The molecule has 18 heavy (non-hydrogen) atoms. The van der Waals surface area contributed by atoms with E-state index in [2.05, 4.69) is 5.32 Å². The third-order valence-electron chi connectivity index (χ3n) is 2.52. The Balaban J connectivity index is 2.68. The van der Waals surface area contributed by atoms with Crippen LogP contribution in [0.5, 0.6) is 0 Å². The minimum atomic E-state index is -0.419. The van der Waals surface area contributed by atoms with Crippen molar-refractivity contribution in [3.8, 4) is 0 Å². The van der Waals surface area contributed by atoms with Crippen LogP contribution in [0, 0.1) is 5.82 Å². The highest BCUT2D eigenvalue weighted by Crippen LogP contribution is 2.17. The smallest absolute Gasteiger partial charge is 0.239 e. The summed E-state index contributed by atoms with van der Waals surface area (Å²) in [4.78, 5) is 13.2. The van der Waals surface area contributed by atoms with Crippen LogP contribution >= 0.6 is 0 Å². The Labute approximate surface area is 106 Å². The van der Waals surface area contributed by atoms with E-state index in [1.807, 2.05) is 6.92 Å². The molecule has 2 N–H and O–H groups in total. The number of nitrogens with one attached hydrogen (secondary N) is 1. The number of rotatable bonds is 6. The number of aliphatic hydroxyl groups is 1. The van der Waals surface area contributed by atoms with Gasteiger partial charge in [0, 0.05) is 19.3 Å². The van der Waals surface area contributed by atoms with Crippen molar-refractivity contribution in [3.05, 3.63) is 29.6 Å². The highest BCUT2D eigenvalue weighted by molar-refractivity contribution is 5.81. The van der Waals surface area contributed by atoms with Gasteiger partial charge in [0.25, 0.3) is 0 Å². The van der Waals surface area contributed by atoms with Gasteiger partial charge in [0.15, 0.2) is 0 Å². The highest BCUT2D eigenvalue weighted by Gasteiger charge is 2.09. The molecule has 1 amide bonds. The van der Waals surface area contributed by atoms with Gasteiger partial charge in [0.05, 0.1) is 13.2 Å². The Morgan fingerprint density at radius 3 is 2.78 bits per heavy atom. The fourth-order valence-corrected chi connectivity index (χ4v) is 1.57. The molecule has 0 saturated carbocycles. The van der Waals surface area contributed by atoms with Crippen LogP contribution in [-0.4, -0.2) is 31.2 Å². The van der Waals surface area contributed by atoms with Crippen molar-refractivity contribution >= 4 is 11.6 Å². The van der Waals surface area contributed by atoms with Crippen LogP contribution in [-0.2, 0) is 11.4 Å². The van der Waals surface area contributed by atoms with Crippen LogP contribution in [0.2, 0.25) is 0 Å². The highest BCUT2D eigenvalue weighted by atomic mass is 19.1. The van der Waals surface area contributed by atoms with Gasteiger partial charge < -0.3 is 15.3 Å². The molecule has 0 saturated heterocycles. The number of nitrogens with zero attached hydrogens (tertiary/aromatic N) is 1. The fourth-order valence-electron chi connectivity index (χ4n) is 1.57. The monoisotopic (exact) mass is 254 g/mol. The van der Waals surface area contributed by atoms with Crippen LogP contribution in [0.15, 0.2) is 18.2 Å². The maximum atomic E-state index is 13.3. The zero-order valence-corrected chi connectivity index (χ0v) is 10.7. The lowest BCUT2D eigenvalue weighted by atomic mass is 10.2. The van der Waals surface area contributed by atoms with E-state index in [0.717, 1.165) is 6.42 Å². The summed E-state index contributed by atoms with van der Waals surface area (Å²) in [7, 11) is 1.71. The summed E-state index contributed by atoms with van der Waals surface area (Å²) in [5, 5.41) is 11.8. The van der Waals surface area contributed by atoms with E-state index in [0.29, 0.717) is 17.8 Å². The number of benzene rings is 1. The molecule has 100 valence electrons. The van der Waals surface area contributed by atoms with E-state index in [9.17, 15) is 9.18 Å². The van der Waals surface area contributed by atoms with Crippen molar-refractivity contribution in [1.29, 1.82) is 0 Å². The van der Waals surface area contributed by atoms with Crippen LogP contribution in [0.3, 0.4) is 0 Å². The van der Waals surface area contributed by atoms with Crippen LogP contribution in [0.1, 0.15) is 18.9 Å². The molecule has 1 aromatic carbocycles. The molecule has 5 heteroatoms. The molecule has 0 fully saturated rings.